The summed E-state index contributed by atoms with van der Waals surface area (Å²) in [6.45, 7) is 1.88. The zero-order valence-corrected chi connectivity index (χ0v) is 16.2. The van der Waals surface area contributed by atoms with E-state index >= 15 is 0 Å². The number of rotatable bonds is 3. The first kappa shape index (κ1) is 16.9. The van der Waals surface area contributed by atoms with Gasteiger partial charge in [0.2, 0.25) is 0 Å². The first-order valence-corrected chi connectivity index (χ1v) is 9.50. The topological polar surface area (TPSA) is 46.2 Å². The Morgan fingerprint density at radius 3 is 2.14 bits per heavy atom. The maximum atomic E-state index is 13.8. The van der Waals surface area contributed by atoms with Crippen LogP contribution in [0.3, 0.4) is 0 Å². The second-order valence-corrected chi connectivity index (χ2v) is 8.56. The smallest absolute Gasteiger partial charge is 0.264 e. The molecule has 21 heavy (non-hydrogen) atoms. The number of aryl methyl sites for hydroxylation is 1. The van der Waals surface area contributed by atoms with Crippen molar-refractivity contribution in [3.63, 3.8) is 0 Å². The molecule has 0 amide bonds. The fourth-order valence-corrected chi connectivity index (χ4v) is 5.05. The van der Waals surface area contributed by atoms with Gasteiger partial charge >= 0.3 is 0 Å². The number of sulfonamides is 1. The third kappa shape index (κ3) is 3.85. The molecule has 8 heteroatoms. The van der Waals surface area contributed by atoms with E-state index < -0.39 is 20.7 Å². The summed E-state index contributed by atoms with van der Waals surface area (Å²) in [6.07, 6.45) is 0. The van der Waals surface area contributed by atoms with Crippen molar-refractivity contribution >= 4 is 63.5 Å². The highest BCUT2D eigenvalue weighted by atomic mass is 79.9. The van der Waals surface area contributed by atoms with Gasteiger partial charge in [0.05, 0.1) is 5.69 Å². The maximum Gasteiger partial charge on any atom is 0.264 e. The lowest BCUT2D eigenvalue weighted by atomic mass is 10.2. The fourth-order valence-electron chi connectivity index (χ4n) is 1.68. The molecule has 3 nitrogen and oxygen atoms in total. The molecule has 0 unspecified atom stereocenters. The van der Waals surface area contributed by atoms with E-state index in [1.807, 2.05) is 6.92 Å². The average molecular weight is 502 g/mol. The van der Waals surface area contributed by atoms with Crippen LogP contribution in [-0.4, -0.2) is 8.42 Å². The van der Waals surface area contributed by atoms with Crippen LogP contribution in [0.5, 0.6) is 0 Å². The van der Waals surface area contributed by atoms with Gasteiger partial charge in [-0.05, 0) is 74.7 Å². The van der Waals surface area contributed by atoms with Crippen LogP contribution in [0.15, 0.2) is 48.6 Å². The molecule has 0 aromatic heterocycles. The lowest BCUT2D eigenvalue weighted by Gasteiger charge is -2.13. The van der Waals surface area contributed by atoms with Gasteiger partial charge in [-0.1, -0.05) is 15.9 Å². The highest BCUT2D eigenvalue weighted by Gasteiger charge is 2.21. The predicted octanol–water partition coefficient (Wildman–Crippen LogP) is 5.22. The maximum absolute atomic E-state index is 13.8. The van der Waals surface area contributed by atoms with Crippen molar-refractivity contribution in [1.82, 2.24) is 0 Å². The minimum absolute atomic E-state index is 0.322. The predicted molar refractivity (Wildman–Crippen MR) is 91.5 cm³/mol. The van der Waals surface area contributed by atoms with Crippen LogP contribution in [0.1, 0.15) is 5.56 Å². The number of benzene rings is 2. The highest BCUT2D eigenvalue weighted by molar-refractivity contribution is 9.11. The van der Waals surface area contributed by atoms with Crippen molar-refractivity contribution < 1.29 is 12.8 Å². The van der Waals surface area contributed by atoms with Gasteiger partial charge in [-0.15, -0.1) is 0 Å². The van der Waals surface area contributed by atoms with Gasteiger partial charge in [0.25, 0.3) is 10.0 Å². The van der Waals surface area contributed by atoms with Gasteiger partial charge in [0, 0.05) is 13.4 Å². The molecule has 0 bridgehead atoms. The molecular weight excluding hydrogens is 493 g/mol. The van der Waals surface area contributed by atoms with E-state index in [-0.39, 0.29) is 0 Å². The summed E-state index contributed by atoms with van der Waals surface area (Å²) in [5, 5.41) is 0. The van der Waals surface area contributed by atoms with E-state index in [0.29, 0.717) is 19.1 Å². The van der Waals surface area contributed by atoms with E-state index in [1.165, 1.54) is 12.1 Å². The number of hydrogen-bond acceptors (Lipinski definition) is 2. The molecule has 0 fully saturated rings. The molecule has 2 aromatic carbocycles. The third-order valence-corrected chi connectivity index (χ3v) is 5.73. The van der Waals surface area contributed by atoms with Crippen molar-refractivity contribution in [2.24, 2.45) is 0 Å². The van der Waals surface area contributed by atoms with Crippen LogP contribution in [-0.2, 0) is 10.0 Å². The molecule has 0 heterocycles. The molecule has 0 saturated heterocycles. The Morgan fingerprint density at radius 1 is 1.05 bits per heavy atom. The van der Waals surface area contributed by atoms with Crippen LogP contribution in [0.25, 0.3) is 0 Å². The lowest BCUT2D eigenvalue weighted by molar-refractivity contribution is 0.570. The first-order chi connectivity index (χ1) is 9.70. The lowest BCUT2D eigenvalue weighted by Crippen LogP contribution is -2.15. The Kier molecular flexibility index (Phi) is 5.12. The van der Waals surface area contributed by atoms with Gasteiger partial charge in [-0.3, -0.25) is 4.72 Å². The molecule has 0 saturated carbocycles. The molecule has 1 N–H and O–H groups in total. The van der Waals surface area contributed by atoms with E-state index in [4.69, 9.17) is 0 Å². The van der Waals surface area contributed by atoms with Crippen LogP contribution in [0, 0.1) is 12.7 Å². The summed E-state index contributed by atoms with van der Waals surface area (Å²) >= 11 is 9.68. The minimum Gasteiger partial charge on any atom is -0.277 e. The Balaban J connectivity index is 2.47. The highest BCUT2D eigenvalue weighted by Crippen LogP contribution is 2.34. The summed E-state index contributed by atoms with van der Waals surface area (Å²) in [7, 11) is -4.02. The minimum atomic E-state index is -4.02. The Morgan fingerprint density at radius 2 is 1.62 bits per heavy atom. The van der Waals surface area contributed by atoms with Gasteiger partial charge in [0.15, 0.2) is 0 Å². The second kappa shape index (κ2) is 6.36. The van der Waals surface area contributed by atoms with Crippen molar-refractivity contribution in [3.05, 3.63) is 55.1 Å². The molecule has 0 aliphatic rings. The normalized spacial score (nSPS) is 11.5. The van der Waals surface area contributed by atoms with Crippen LogP contribution < -0.4 is 4.72 Å². The molecule has 112 valence electrons. The molecule has 0 radical (unpaired) electrons. The summed E-state index contributed by atoms with van der Waals surface area (Å²) < 4.78 is 42.5. The van der Waals surface area contributed by atoms with E-state index in [0.717, 1.165) is 11.6 Å². The molecule has 0 spiro atoms. The molecule has 0 aliphatic carbocycles. The van der Waals surface area contributed by atoms with E-state index in [2.05, 4.69) is 52.5 Å². The number of halogens is 4. The fraction of sp³-hybridized carbons (Fsp3) is 0.0769. The van der Waals surface area contributed by atoms with Crippen LogP contribution in [0.4, 0.5) is 10.1 Å². The largest absolute Gasteiger partial charge is 0.277 e. The summed E-state index contributed by atoms with van der Waals surface area (Å²) in [5.41, 5.74) is 1.27. The summed E-state index contributed by atoms with van der Waals surface area (Å²) in [4.78, 5) is -0.412. The molecular formula is C13H9Br3FNO2S. The molecule has 0 aliphatic heterocycles. The van der Waals surface area contributed by atoms with Gasteiger partial charge in [-0.2, -0.15) is 0 Å². The monoisotopic (exact) mass is 499 g/mol. The third-order valence-electron chi connectivity index (χ3n) is 2.61. The quantitative estimate of drug-likeness (QED) is 0.626. The van der Waals surface area contributed by atoms with Gasteiger partial charge in [-0.25, -0.2) is 12.8 Å². The van der Waals surface area contributed by atoms with Crippen molar-refractivity contribution in [1.29, 1.82) is 0 Å². The SMILES string of the molecule is Cc1cc(Br)c(NS(=O)(=O)c2ccc(Br)cc2F)c(Br)c1. The first-order valence-electron chi connectivity index (χ1n) is 5.64. The summed E-state index contributed by atoms with van der Waals surface area (Å²) in [6, 6.07) is 7.31. The van der Waals surface area contributed by atoms with Crippen molar-refractivity contribution in [3.8, 4) is 0 Å². The van der Waals surface area contributed by atoms with Gasteiger partial charge < -0.3 is 0 Å². The number of nitrogens with one attached hydrogen (secondary N) is 1. The number of anilines is 1. The van der Waals surface area contributed by atoms with Gasteiger partial charge in [0.1, 0.15) is 10.7 Å². The molecule has 0 atom stereocenters. The van der Waals surface area contributed by atoms with Crippen molar-refractivity contribution in [2.45, 2.75) is 11.8 Å². The average Bonchev–Trinajstić information content (AvgIpc) is 2.33. The second-order valence-electron chi connectivity index (χ2n) is 4.28. The standard InChI is InChI=1S/C13H9Br3FNO2S/c1-7-4-9(15)13(10(16)5-7)18-21(19,20)12-3-2-8(14)6-11(12)17/h2-6,18H,1H3. The van der Waals surface area contributed by atoms with Crippen molar-refractivity contribution in [2.75, 3.05) is 4.72 Å². The zero-order chi connectivity index (χ0) is 15.8. The number of hydrogen-bond donors (Lipinski definition) is 1. The van der Waals surface area contributed by atoms with E-state index in [1.54, 1.807) is 12.1 Å². The Hall–Kier alpha value is -0.440. The molecule has 2 rings (SSSR count). The zero-order valence-electron chi connectivity index (χ0n) is 10.6. The van der Waals surface area contributed by atoms with E-state index in [9.17, 15) is 12.8 Å². The van der Waals surface area contributed by atoms with Crippen LogP contribution in [0.2, 0.25) is 0 Å². The Labute approximate surface area is 147 Å². The van der Waals surface area contributed by atoms with Crippen LogP contribution >= 0.6 is 47.8 Å². The summed E-state index contributed by atoms with van der Waals surface area (Å²) in [5.74, 6) is -0.823. The molecule has 2 aromatic rings. The Bertz CT molecular complexity index is 786.